The first-order chi connectivity index (χ1) is 14.7. The summed E-state index contributed by atoms with van der Waals surface area (Å²) in [6, 6.07) is 14.0. The fourth-order valence-electron chi connectivity index (χ4n) is 4.95. The minimum Gasteiger partial charge on any atom is -0.339 e. The van der Waals surface area contributed by atoms with Gasteiger partial charge in [-0.15, -0.1) is 0 Å². The lowest BCUT2D eigenvalue weighted by molar-refractivity contribution is -0.135. The van der Waals surface area contributed by atoms with Gasteiger partial charge < -0.3 is 4.90 Å². The van der Waals surface area contributed by atoms with Gasteiger partial charge in [-0.2, -0.15) is 0 Å². The molecule has 2 heterocycles. The maximum absolute atomic E-state index is 13.2. The minimum atomic E-state index is -0.207. The molecule has 1 aliphatic carbocycles. The molecule has 0 spiro atoms. The molecule has 0 aromatic heterocycles. The van der Waals surface area contributed by atoms with Crippen LogP contribution < -0.4 is 0 Å². The normalized spacial score (nSPS) is 20.6. The summed E-state index contributed by atoms with van der Waals surface area (Å²) in [4.78, 5) is 19.7. The minimum absolute atomic E-state index is 0.207. The molecule has 2 fully saturated rings. The zero-order chi connectivity index (χ0) is 20.5. The fraction of sp³-hybridized carbons (Fsp3) is 0.480. The lowest BCUT2D eigenvalue weighted by Gasteiger charge is -2.43. The molecule has 0 atom stereocenters. The van der Waals surface area contributed by atoms with Crippen molar-refractivity contribution in [2.24, 2.45) is 0 Å². The second-order valence-corrected chi connectivity index (χ2v) is 8.95. The van der Waals surface area contributed by atoms with Gasteiger partial charge in [0, 0.05) is 45.3 Å². The number of amides is 1. The van der Waals surface area contributed by atoms with Gasteiger partial charge in [-0.25, -0.2) is 4.39 Å². The number of carbonyl (C=O) groups excluding carboxylic acids is 1. The summed E-state index contributed by atoms with van der Waals surface area (Å²) in [7, 11) is 0. The maximum Gasteiger partial charge on any atom is 0.236 e. The molecule has 2 aliphatic heterocycles. The standard InChI is InChI=1S/C25H30FN3O/c26-23-8-6-19(7-9-23)20-4-5-22-17-27(11-10-21(22)16-20)18-25(30)29-14-12-28(13-15-29)24-2-1-3-24/h4-9,16,24H,1-3,10-15,17-18H2. The highest BCUT2D eigenvalue weighted by Gasteiger charge is 2.30. The second kappa shape index (κ2) is 8.48. The number of hydrogen-bond acceptors (Lipinski definition) is 3. The SMILES string of the molecule is O=C(CN1CCc2cc(-c3ccc(F)cc3)ccc2C1)N1CCN(C2CCC2)CC1. The summed E-state index contributed by atoms with van der Waals surface area (Å²) in [5.74, 6) is 0.0658. The van der Waals surface area contributed by atoms with E-state index in [1.807, 2.05) is 12.1 Å². The highest BCUT2D eigenvalue weighted by atomic mass is 19.1. The molecule has 0 unspecified atom stereocenters. The van der Waals surface area contributed by atoms with Crippen LogP contribution in [-0.4, -0.2) is 65.9 Å². The summed E-state index contributed by atoms with van der Waals surface area (Å²) in [5, 5.41) is 0. The molecular weight excluding hydrogens is 377 g/mol. The van der Waals surface area contributed by atoms with E-state index in [2.05, 4.69) is 32.9 Å². The van der Waals surface area contributed by atoms with Crippen LogP contribution in [-0.2, 0) is 17.8 Å². The highest BCUT2D eigenvalue weighted by molar-refractivity contribution is 5.78. The molecule has 2 aromatic rings. The van der Waals surface area contributed by atoms with Gasteiger partial charge in [-0.3, -0.25) is 14.6 Å². The molecule has 0 bridgehead atoms. The Kier molecular flexibility index (Phi) is 5.57. The smallest absolute Gasteiger partial charge is 0.236 e. The number of benzene rings is 2. The van der Waals surface area contributed by atoms with Gasteiger partial charge in [-0.1, -0.05) is 36.8 Å². The van der Waals surface area contributed by atoms with Crippen LogP contribution in [0.2, 0.25) is 0 Å². The molecule has 2 aromatic carbocycles. The van der Waals surface area contributed by atoms with Crippen LogP contribution in [0, 0.1) is 5.82 Å². The van der Waals surface area contributed by atoms with E-state index in [1.165, 1.54) is 42.5 Å². The van der Waals surface area contributed by atoms with Gasteiger partial charge in [0.2, 0.25) is 5.91 Å². The monoisotopic (exact) mass is 407 g/mol. The van der Waals surface area contributed by atoms with E-state index in [9.17, 15) is 9.18 Å². The third kappa shape index (κ3) is 4.14. The molecule has 1 amide bonds. The molecule has 5 rings (SSSR count). The lowest BCUT2D eigenvalue weighted by atomic mass is 9.91. The van der Waals surface area contributed by atoms with Gasteiger partial charge in [0.15, 0.2) is 0 Å². The largest absolute Gasteiger partial charge is 0.339 e. The van der Waals surface area contributed by atoms with Crippen molar-refractivity contribution in [2.75, 3.05) is 39.3 Å². The zero-order valence-electron chi connectivity index (χ0n) is 17.5. The molecule has 1 saturated carbocycles. The van der Waals surface area contributed by atoms with E-state index >= 15 is 0 Å². The molecular formula is C25H30FN3O. The number of halogens is 1. The van der Waals surface area contributed by atoms with Crippen molar-refractivity contribution in [3.05, 3.63) is 59.4 Å². The lowest BCUT2D eigenvalue weighted by Crippen LogP contribution is -2.55. The Morgan fingerprint density at radius 2 is 1.63 bits per heavy atom. The van der Waals surface area contributed by atoms with Crippen molar-refractivity contribution in [1.82, 2.24) is 14.7 Å². The second-order valence-electron chi connectivity index (χ2n) is 8.95. The van der Waals surface area contributed by atoms with Crippen molar-refractivity contribution in [2.45, 2.75) is 38.3 Å². The number of nitrogens with zero attached hydrogens (tertiary/aromatic N) is 3. The molecule has 3 aliphatic rings. The first-order valence-electron chi connectivity index (χ1n) is 11.3. The molecule has 158 valence electrons. The van der Waals surface area contributed by atoms with Crippen molar-refractivity contribution in [1.29, 1.82) is 0 Å². The van der Waals surface area contributed by atoms with Crippen molar-refractivity contribution >= 4 is 5.91 Å². The summed E-state index contributed by atoms with van der Waals surface area (Å²) in [6.07, 6.45) is 4.99. The summed E-state index contributed by atoms with van der Waals surface area (Å²) < 4.78 is 13.2. The van der Waals surface area contributed by atoms with Crippen LogP contribution in [0.3, 0.4) is 0 Å². The third-order valence-electron chi connectivity index (χ3n) is 7.09. The van der Waals surface area contributed by atoms with E-state index in [0.717, 1.165) is 62.9 Å². The first kappa shape index (κ1) is 19.7. The Morgan fingerprint density at radius 3 is 2.33 bits per heavy atom. The van der Waals surface area contributed by atoms with Crippen LogP contribution in [0.15, 0.2) is 42.5 Å². The van der Waals surface area contributed by atoms with Gasteiger partial charge in [0.05, 0.1) is 6.54 Å². The van der Waals surface area contributed by atoms with Crippen molar-refractivity contribution in [3.8, 4) is 11.1 Å². The molecule has 1 saturated heterocycles. The van der Waals surface area contributed by atoms with Crippen molar-refractivity contribution < 1.29 is 9.18 Å². The zero-order valence-corrected chi connectivity index (χ0v) is 17.5. The Morgan fingerprint density at radius 1 is 0.900 bits per heavy atom. The van der Waals surface area contributed by atoms with Crippen molar-refractivity contribution in [3.63, 3.8) is 0 Å². The predicted octanol–water partition coefficient (Wildman–Crippen LogP) is 3.55. The van der Waals surface area contributed by atoms with E-state index in [0.29, 0.717) is 6.54 Å². The number of piperazine rings is 1. The summed E-state index contributed by atoms with van der Waals surface area (Å²) >= 11 is 0. The third-order valence-corrected chi connectivity index (χ3v) is 7.09. The Bertz CT molecular complexity index is 901. The van der Waals surface area contributed by atoms with Crippen LogP contribution in [0.5, 0.6) is 0 Å². The summed E-state index contributed by atoms with van der Waals surface area (Å²) in [5.41, 5.74) is 4.81. The molecule has 0 N–H and O–H groups in total. The molecule has 0 radical (unpaired) electrons. The van der Waals surface area contributed by atoms with E-state index in [1.54, 1.807) is 0 Å². The van der Waals surface area contributed by atoms with Gasteiger partial charge in [0.25, 0.3) is 0 Å². The van der Waals surface area contributed by atoms with Gasteiger partial charge in [-0.05, 0) is 53.6 Å². The van der Waals surface area contributed by atoms with E-state index in [4.69, 9.17) is 0 Å². The van der Waals surface area contributed by atoms with E-state index in [-0.39, 0.29) is 11.7 Å². The molecule has 30 heavy (non-hydrogen) atoms. The van der Waals surface area contributed by atoms with Gasteiger partial charge >= 0.3 is 0 Å². The van der Waals surface area contributed by atoms with Crippen LogP contribution in [0.1, 0.15) is 30.4 Å². The average Bonchev–Trinajstić information content (AvgIpc) is 2.73. The number of carbonyl (C=O) groups is 1. The number of fused-ring (bicyclic) bond motifs is 1. The maximum atomic E-state index is 13.2. The van der Waals surface area contributed by atoms with Crippen LogP contribution in [0.25, 0.3) is 11.1 Å². The summed E-state index contributed by atoms with van der Waals surface area (Å²) in [6.45, 7) is 6.07. The molecule has 4 nitrogen and oxygen atoms in total. The number of hydrogen-bond donors (Lipinski definition) is 0. The first-order valence-corrected chi connectivity index (χ1v) is 11.3. The van der Waals surface area contributed by atoms with E-state index < -0.39 is 0 Å². The fourth-order valence-corrected chi connectivity index (χ4v) is 4.95. The highest BCUT2D eigenvalue weighted by Crippen LogP contribution is 2.27. The Balaban J connectivity index is 1.17. The predicted molar refractivity (Wildman–Crippen MR) is 117 cm³/mol. The topological polar surface area (TPSA) is 26.8 Å². The van der Waals surface area contributed by atoms with Gasteiger partial charge in [0.1, 0.15) is 5.82 Å². The quantitative estimate of drug-likeness (QED) is 0.776. The average molecular weight is 408 g/mol. The van der Waals surface area contributed by atoms with Crippen LogP contribution >= 0.6 is 0 Å². The Labute approximate surface area is 178 Å². The number of rotatable bonds is 4. The Hall–Kier alpha value is -2.24. The van der Waals surface area contributed by atoms with Crippen LogP contribution in [0.4, 0.5) is 4.39 Å². The molecule has 5 heteroatoms.